The summed E-state index contributed by atoms with van der Waals surface area (Å²) in [5.74, 6) is 2.63. The Balaban J connectivity index is 1.81. The minimum absolute atomic E-state index is 0.0246. The number of thioether (sulfide) groups is 1. The Morgan fingerprint density at radius 1 is 1.50 bits per heavy atom. The van der Waals surface area contributed by atoms with E-state index < -0.39 is 0 Å². The summed E-state index contributed by atoms with van der Waals surface area (Å²) in [6.07, 6.45) is 2.85. The van der Waals surface area contributed by atoms with Crippen molar-refractivity contribution >= 4 is 33.5 Å². The van der Waals surface area contributed by atoms with E-state index in [1.165, 1.54) is 0 Å². The molecule has 0 aromatic heterocycles. The van der Waals surface area contributed by atoms with Gasteiger partial charge in [-0.15, -0.1) is 0 Å². The number of halogens is 1. The topological polar surface area (TPSA) is 26.3 Å². The van der Waals surface area contributed by atoms with Gasteiger partial charge in [-0.25, -0.2) is 0 Å². The zero-order valence-corrected chi connectivity index (χ0v) is 14.1. The van der Waals surface area contributed by atoms with Gasteiger partial charge in [0.1, 0.15) is 0 Å². The maximum atomic E-state index is 12.8. The van der Waals surface area contributed by atoms with Crippen molar-refractivity contribution in [2.45, 2.75) is 31.8 Å². The molecule has 2 saturated heterocycles. The number of hydrogen-bond acceptors (Lipinski definition) is 3. The van der Waals surface area contributed by atoms with Crippen LogP contribution in [0.25, 0.3) is 0 Å². The van der Waals surface area contributed by atoms with Gasteiger partial charge in [-0.2, -0.15) is 11.8 Å². The monoisotopic (exact) mass is 354 g/mol. The van der Waals surface area contributed by atoms with Gasteiger partial charge in [0.2, 0.25) is 0 Å². The Labute approximate surface area is 132 Å². The highest BCUT2D eigenvalue weighted by Gasteiger charge is 2.42. The molecule has 3 rings (SSSR count). The van der Waals surface area contributed by atoms with Gasteiger partial charge in [0.15, 0.2) is 5.78 Å². The van der Waals surface area contributed by atoms with Gasteiger partial charge < -0.3 is 4.74 Å². The highest BCUT2D eigenvalue weighted by molar-refractivity contribution is 9.10. The van der Waals surface area contributed by atoms with Gasteiger partial charge in [-0.3, -0.25) is 4.79 Å². The van der Waals surface area contributed by atoms with E-state index in [0.717, 1.165) is 53.0 Å². The van der Waals surface area contributed by atoms with Gasteiger partial charge in [-0.05, 0) is 49.6 Å². The number of Topliss-reactive ketones (excluding diaryl/α,β-unsaturated/α-hetero) is 1. The van der Waals surface area contributed by atoms with Crippen molar-refractivity contribution in [2.75, 3.05) is 18.1 Å². The summed E-state index contributed by atoms with van der Waals surface area (Å²) in [7, 11) is 0. The zero-order chi connectivity index (χ0) is 14.2. The van der Waals surface area contributed by atoms with Crippen LogP contribution in [0.15, 0.2) is 22.7 Å². The van der Waals surface area contributed by atoms with E-state index in [4.69, 9.17) is 4.74 Å². The van der Waals surface area contributed by atoms with Crippen molar-refractivity contribution in [2.24, 2.45) is 5.92 Å². The predicted octanol–water partition coefficient (Wildman–Crippen LogP) is 4.24. The molecule has 0 amide bonds. The quantitative estimate of drug-likeness (QED) is 0.743. The van der Waals surface area contributed by atoms with Crippen LogP contribution in [0.5, 0.6) is 0 Å². The molecule has 2 nitrogen and oxygen atoms in total. The SMILES string of the molecule is Cc1ccc(Br)cc1C(=O)C1CCOC2(CCSC2)C1. The highest BCUT2D eigenvalue weighted by Crippen LogP contribution is 2.41. The van der Waals surface area contributed by atoms with Crippen molar-refractivity contribution < 1.29 is 9.53 Å². The summed E-state index contributed by atoms with van der Waals surface area (Å²) in [6.45, 7) is 2.74. The summed E-state index contributed by atoms with van der Waals surface area (Å²) in [6, 6.07) is 5.96. The molecule has 2 unspecified atom stereocenters. The van der Waals surface area contributed by atoms with Crippen LogP contribution in [0.1, 0.15) is 35.2 Å². The number of aryl methyl sites for hydroxylation is 1. The maximum absolute atomic E-state index is 12.8. The van der Waals surface area contributed by atoms with Gasteiger partial charge in [-0.1, -0.05) is 22.0 Å². The highest BCUT2D eigenvalue weighted by atomic mass is 79.9. The molecule has 1 spiro atoms. The Morgan fingerprint density at radius 3 is 3.10 bits per heavy atom. The molecule has 108 valence electrons. The summed E-state index contributed by atoms with van der Waals surface area (Å²) in [5, 5.41) is 0. The lowest BCUT2D eigenvalue weighted by Gasteiger charge is -2.37. The lowest BCUT2D eigenvalue weighted by atomic mass is 9.80. The Bertz CT molecular complexity index is 523. The number of ketones is 1. The van der Waals surface area contributed by atoms with Crippen LogP contribution in [-0.2, 0) is 4.74 Å². The van der Waals surface area contributed by atoms with Crippen LogP contribution in [-0.4, -0.2) is 29.5 Å². The fraction of sp³-hybridized carbons (Fsp3) is 0.562. The third kappa shape index (κ3) is 2.83. The second-order valence-electron chi connectivity index (χ2n) is 5.85. The minimum atomic E-state index is -0.0246. The van der Waals surface area contributed by atoms with Crippen LogP contribution in [0.4, 0.5) is 0 Å². The first-order chi connectivity index (χ1) is 9.60. The standard InChI is InChI=1S/C16H19BrO2S/c1-11-2-3-13(17)8-14(11)15(18)12-4-6-19-16(9-12)5-7-20-10-16/h2-3,8,12H,4-7,9-10H2,1H3. The average molecular weight is 355 g/mol. The summed E-state index contributed by atoms with van der Waals surface area (Å²) >= 11 is 5.42. The molecule has 0 bridgehead atoms. The predicted molar refractivity (Wildman–Crippen MR) is 86.6 cm³/mol. The van der Waals surface area contributed by atoms with E-state index in [2.05, 4.69) is 15.9 Å². The number of carbonyl (C=O) groups is 1. The first-order valence-corrected chi connectivity index (χ1v) is 9.06. The van der Waals surface area contributed by atoms with Crippen molar-refractivity contribution in [3.8, 4) is 0 Å². The molecule has 2 fully saturated rings. The molecule has 4 heteroatoms. The molecule has 2 aliphatic rings. The van der Waals surface area contributed by atoms with E-state index in [1.807, 2.05) is 36.9 Å². The summed E-state index contributed by atoms with van der Waals surface area (Å²) in [5.41, 5.74) is 1.91. The van der Waals surface area contributed by atoms with E-state index in [9.17, 15) is 4.79 Å². The fourth-order valence-corrected chi connectivity index (χ4v) is 4.93. The largest absolute Gasteiger partial charge is 0.374 e. The molecule has 1 aromatic carbocycles. The molecule has 2 aliphatic heterocycles. The molecule has 0 radical (unpaired) electrons. The average Bonchev–Trinajstić information content (AvgIpc) is 2.88. The Hall–Kier alpha value is -0.320. The lowest BCUT2D eigenvalue weighted by Crippen LogP contribution is -2.42. The van der Waals surface area contributed by atoms with Crippen molar-refractivity contribution in [1.29, 1.82) is 0 Å². The van der Waals surface area contributed by atoms with Gasteiger partial charge in [0.25, 0.3) is 0 Å². The second-order valence-corrected chi connectivity index (χ2v) is 7.87. The van der Waals surface area contributed by atoms with Gasteiger partial charge in [0.05, 0.1) is 5.60 Å². The van der Waals surface area contributed by atoms with Gasteiger partial charge >= 0.3 is 0 Å². The first-order valence-electron chi connectivity index (χ1n) is 7.12. The van der Waals surface area contributed by atoms with Crippen molar-refractivity contribution in [3.63, 3.8) is 0 Å². The number of ether oxygens (including phenoxy) is 1. The molecule has 20 heavy (non-hydrogen) atoms. The minimum Gasteiger partial charge on any atom is -0.374 e. The number of carbonyl (C=O) groups excluding carboxylic acids is 1. The zero-order valence-electron chi connectivity index (χ0n) is 11.7. The smallest absolute Gasteiger partial charge is 0.166 e. The van der Waals surface area contributed by atoms with Crippen molar-refractivity contribution in [1.82, 2.24) is 0 Å². The van der Waals surface area contributed by atoms with Gasteiger partial charge in [0, 0.05) is 28.3 Å². The molecule has 0 saturated carbocycles. The normalized spacial score (nSPS) is 29.8. The molecule has 0 aliphatic carbocycles. The molecular weight excluding hydrogens is 336 g/mol. The molecule has 0 N–H and O–H groups in total. The van der Waals surface area contributed by atoms with Crippen LogP contribution in [0.2, 0.25) is 0 Å². The molecule has 2 atom stereocenters. The van der Waals surface area contributed by atoms with Crippen LogP contribution in [0, 0.1) is 12.8 Å². The van der Waals surface area contributed by atoms with E-state index >= 15 is 0 Å². The summed E-state index contributed by atoms with van der Waals surface area (Å²) in [4.78, 5) is 12.8. The molecule has 2 heterocycles. The summed E-state index contributed by atoms with van der Waals surface area (Å²) < 4.78 is 6.99. The Morgan fingerprint density at radius 2 is 2.35 bits per heavy atom. The third-order valence-electron chi connectivity index (χ3n) is 4.40. The van der Waals surface area contributed by atoms with Crippen LogP contribution >= 0.6 is 27.7 Å². The Kier molecular flexibility index (Phi) is 4.25. The van der Waals surface area contributed by atoms with E-state index in [0.29, 0.717) is 5.78 Å². The van der Waals surface area contributed by atoms with Crippen LogP contribution in [0.3, 0.4) is 0 Å². The maximum Gasteiger partial charge on any atom is 0.166 e. The molecular formula is C16H19BrO2S. The fourth-order valence-electron chi connectivity index (χ4n) is 3.19. The van der Waals surface area contributed by atoms with Crippen LogP contribution < -0.4 is 0 Å². The number of benzene rings is 1. The third-order valence-corrected chi connectivity index (χ3v) is 6.11. The first kappa shape index (κ1) is 14.6. The van der Waals surface area contributed by atoms with E-state index in [1.54, 1.807) is 0 Å². The second kappa shape index (κ2) is 5.82. The van der Waals surface area contributed by atoms with E-state index in [-0.39, 0.29) is 11.5 Å². The van der Waals surface area contributed by atoms with Crippen molar-refractivity contribution in [3.05, 3.63) is 33.8 Å². The number of rotatable bonds is 2. The lowest BCUT2D eigenvalue weighted by molar-refractivity contribution is -0.0734. The molecule has 1 aromatic rings. The number of hydrogen-bond donors (Lipinski definition) is 0.